The first kappa shape index (κ1) is 14.4. The van der Waals surface area contributed by atoms with Crippen molar-refractivity contribution in [3.05, 3.63) is 29.8 Å². The van der Waals surface area contributed by atoms with Gasteiger partial charge in [-0.3, -0.25) is 4.79 Å². The van der Waals surface area contributed by atoms with Crippen molar-refractivity contribution in [2.75, 3.05) is 24.5 Å². The molecule has 5 heteroatoms. The lowest BCUT2D eigenvalue weighted by Gasteiger charge is -2.33. The Labute approximate surface area is 118 Å². The highest BCUT2D eigenvalue weighted by molar-refractivity contribution is 5.88. The number of hydrogen-bond acceptors (Lipinski definition) is 3. The van der Waals surface area contributed by atoms with Crippen LogP contribution in [0.4, 0.5) is 5.69 Å². The molecule has 108 valence electrons. The molecule has 20 heavy (non-hydrogen) atoms. The third-order valence-electron chi connectivity index (χ3n) is 3.73. The van der Waals surface area contributed by atoms with E-state index in [9.17, 15) is 9.59 Å². The summed E-state index contributed by atoms with van der Waals surface area (Å²) < 4.78 is 0. The van der Waals surface area contributed by atoms with Crippen molar-refractivity contribution in [3.8, 4) is 0 Å². The molecule has 1 aliphatic heterocycles. The van der Waals surface area contributed by atoms with Crippen molar-refractivity contribution >= 4 is 17.6 Å². The molecule has 1 fully saturated rings. The number of carboxylic acid groups (broad SMARTS) is 1. The zero-order valence-electron chi connectivity index (χ0n) is 11.6. The van der Waals surface area contributed by atoms with E-state index in [1.165, 1.54) is 0 Å². The van der Waals surface area contributed by atoms with Gasteiger partial charge in [0.15, 0.2) is 0 Å². The molecule has 0 spiro atoms. The number of carbonyl (C=O) groups excluding carboxylic acids is 1. The topological polar surface area (TPSA) is 69.6 Å². The van der Waals surface area contributed by atoms with E-state index < -0.39 is 5.97 Å². The highest BCUT2D eigenvalue weighted by atomic mass is 16.4. The van der Waals surface area contributed by atoms with E-state index in [4.69, 9.17) is 5.11 Å². The zero-order valence-corrected chi connectivity index (χ0v) is 11.6. The quantitative estimate of drug-likeness (QED) is 0.879. The van der Waals surface area contributed by atoms with Crippen molar-refractivity contribution in [2.45, 2.75) is 19.8 Å². The Kier molecular flexibility index (Phi) is 4.61. The fraction of sp³-hybridized carbons (Fsp3) is 0.467. The minimum Gasteiger partial charge on any atom is -0.478 e. The Bertz CT molecular complexity index is 476. The van der Waals surface area contributed by atoms with Crippen molar-refractivity contribution in [1.29, 1.82) is 0 Å². The Balaban J connectivity index is 1.87. The van der Waals surface area contributed by atoms with Crippen LogP contribution in [-0.4, -0.2) is 36.6 Å². The van der Waals surface area contributed by atoms with E-state index in [0.29, 0.717) is 11.5 Å². The molecule has 0 atom stereocenters. The summed E-state index contributed by atoms with van der Waals surface area (Å²) in [6.07, 6.45) is 2.09. The molecule has 1 aromatic carbocycles. The maximum Gasteiger partial charge on any atom is 0.335 e. The Morgan fingerprint density at radius 1 is 1.25 bits per heavy atom. The standard InChI is InChI=1S/C15H20N2O3/c1-11(18)16-10-12-6-8-17(9-7-12)14-4-2-13(3-5-14)15(19)20/h2-5,12H,6-10H2,1H3,(H,16,18)(H,19,20). The molecule has 1 amide bonds. The normalized spacial score (nSPS) is 15.9. The summed E-state index contributed by atoms with van der Waals surface area (Å²) in [4.78, 5) is 24.0. The van der Waals surface area contributed by atoms with Crippen molar-refractivity contribution in [1.82, 2.24) is 5.32 Å². The lowest BCUT2D eigenvalue weighted by molar-refractivity contribution is -0.119. The molecule has 2 N–H and O–H groups in total. The molecule has 0 bridgehead atoms. The van der Waals surface area contributed by atoms with Crippen LogP contribution in [0.5, 0.6) is 0 Å². The van der Waals surface area contributed by atoms with Gasteiger partial charge in [-0.2, -0.15) is 0 Å². The summed E-state index contributed by atoms with van der Waals surface area (Å²) in [5, 5.41) is 11.7. The smallest absolute Gasteiger partial charge is 0.335 e. The molecule has 5 nitrogen and oxygen atoms in total. The van der Waals surface area contributed by atoms with Gasteiger partial charge in [-0.25, -0.2) is 4.79 Å². The summed E-state index contributed by atoms with van der Waals surface area (Å²) in [5.41, 5.74) is 1.38. The first-order valence-electron chi connectivity index (χ1n) is 6.89. The van der Waals surface area contributed by atoms with Gasteiger partial charge in [0.2, 0.25) is 5.91 Å². The number of nitrogens with one attached hydrogen (secondary N) is 1. The molecule has 1 aromatic rings. The summed E-state index contributed by atoms with van der Waals surface area (Å²) >= 11 is 0. The number of carboxylic acids is 1. The summed E-state index contributed by atoms with van der Waals surface area (Å²) in [6.45, 7) is 4.17. The molecule has 1 aliphatic rings. The second kappa shape index (κ2) is 6.41. The van der Waals surface area contributed by atoms with Crippen molar-refractivity contribution in [3.63, 3.8) is 0 Å². The lowest BCUT2D eigenvalue weighted by atomic mass is 9.96. The fourth-order valence-electron chi connectivity index (χ4n) is 2.50. The van der Waals surface area contributed by atoms with Gasteiger partial charge >= 0.3 is 5.97 Å². The molecule has 1 saturated heterocycles. The van der Waals surface area contributed by atoms with Crippen LogP contribution in [0.15, 0.2) is 24.3 Å². The summed E-state index contributed by atoms with van der Waals surface area (Å²) in [6, 6.07) is 7.00. The van der Waals surface area contributed by atoms with Crippen LogP contribution in [-0.2, 0) is 4.79 Å². The van der Waals surface area contributed by atoms with Gasteiger partial charge in [0.25, 0.3) is 0 Å². The van der Waals surface area contributed by atoms with Gasteiger partial charge in [-0.15, -0.1) is 0 Å². The number of rotatable bonds is 4. The van der Waals surface area contributed by atoms with Crippen LogP contribution in [0.25, 0.3) is 0 Å². The monoisotopic (exact) mass is 276 g/mol. The Morgan fingerprint density at radius 2 is 1.85 bits per heavy atom. The maximum absolute atomic E-state index is 10.9. The summed E-state index contributed by atoms with van der Waals surface area (Å²) in [5.74, 6) is -0.337. The Hall–Kier alpha value is -2.04. The second-order valence-corrected chi connectivity index (χ2v) is 5.22. The Morgan fingerprint density at radius 3 is 2.35 bits per heavy atom. The van der Waals surface area contributed by atoms with Crippen LogP contribution >= 0.6 is 0 Å². The number of aromatic carboxylic acids is 1. The number of anilines is 1. The first-order chi connectivity index (χ1) is 9.56. The van der Waals surface area contributed by atoms with E-state index in [2.05, 4.69) is 10.2 Å². The van der Waals surface area contributed by atoms with Crippen LogP contribution in [0.2, 0.25) is 0 Å². The van der Waals surface area contributed by atoms with Crippen molar-refractivity contribution in [2.24, 2.45) is 5.92 Å². The van der Waals surface area contributed by atoms with Gasteiger partial charge in [0.1, 0.15) is 0 Å². The highest BCUT2D eigenvalue weighted by Gasteiger charge is 2.19. The number of hydrogen-bond donors (Lipinski definition) is 2. The van der Waals surface area contributed by atoms with E-state index >= 15 is 0 Å². The molecule has 1 heterocycles. The number of piperidine rings is 1. The maximum atomic E-state index is 10.9. The SMILES string of the molecule is CC(=O)NCC1CCN(c2ccc(C(=O)O)cc2)CC1. The summed E-state index contributed by atoms with van der Waals surface area (Å²) in [7, 11) is 0. The minimum absolute atomic E-state index is 0.0247. The number of amides is 1. The zero-order chi connectivity index (χ0) is 14.5. The largest absolute Gasteiger partial charge is 0.478 e. The van der Waals surface area contributed by atoms with E-state index in [0.717, 1.165) is 38.2 Å². The third kappa shape index (κ3) is 3.73. The van der Waals surface area contributed by atoms with Crippen LogP contribution < -0.4 is 10.2 Å². The molecular formula is C15H20N2O3. The lowest BCUT2D eigenvalue weighted by Crippen LogP contribution is -2.38. The van der Waals surface area contributed by atoms with E-state index in [1.807, 2.05) is 12.1 Å². The molecule has 2 rings (SSSR count). The van der Waals surface area contributed by atoms with E-state index in [1.54, 1.807) is 19.1 Å². The number of carbonyl (C=O) groups is 2. The predicted molar refractivity (Wildman–Crippen MR) is 77.0 cm³/mol. The molecule has 0 aliphatic carbocycles. The van der Waals surface area contributed by atoms with E-state index in [-0.39, 0.29) is 5.91 Å². The third-order valence-corrected chi connectivity index (χ3v) is 3.73. The van der Waals surface area contributed by atoms with Gasteiger partial charge in [0.05, 0.1) is 5.56 Å². The van der Waals surface area contributed by atoms with Crippen LogP contribution in [0.3, 0.4) is 0 Å². The van der Waals surface area contributed by atoms with Gasteiger partial charge in [0, 0.05) is 32.2 Å². The minimum atomic E-state index is -0.898. The fourth-order valence-corrected chi connectivity index (χ4v) is 2.50. The average Bonchev–Trinajstić information content (AvgIpc) is 2.46. The number of benzene rings is 1. The number of nitrogens with zero attached hydrogens (tertiary/aromatic N) is 1. The van der Waals surface area contributed by atoms with Gasteiger partial charge in [-0.1, -0.05) is 0 Å². The molecule has 0 unspecified atom stereocenters. The van der Waals surface area contributed by atoms with Gasteiger partial charge in [-0.05, 0) is 43.0 Å². The second-order valence-electron chi connectivity index (χ2n) is 5.22. The molecule has 0 saturated carbocycles. The molecule has 0 radical (unpaired) electrons. The molecule has 0 aromatic heterocycles. The predicted octanol–water partition coefficient (Wildman–Crippen LogP) is 1.74. The highest BCUT2D eigenvalue weighted by Crippen LogP contribution is 2.23. The molecular weight excluding hydrogens is 256 g/mol. The van der Waals surface area contributed by atoms with Crippen LogP contribution in [0.1, 0.15) is 30.1 Å². The van der Waals surface area contributed by atoms with Crippen molar-refractivity contribution < 1.29 is 14.7 Å². The average molecular weight is 276 g/mol. The van der Waals surface area contributed by atoms with Gasteiger partial charge < -0.3 is 15.3 Å². The van der Waals surface area contributed by atoms with Crippen LogP contribution in [0, 0.1) is 5.92 Å². The first-order valence-corrected chi connectivity index (χ1v) is 6.89.